The molecule has 1 aliphatic rings. The molecule has 0 N–H and O–H groups in total. The molecule has 1 aliphatic carbocycles. The Morgan fingerprint density at radius 3 is 3.00 bits per heavy atom. The summed E-state index contributed by atoms with van der Waals surface area (Å²) in [6.45, 7) is 2.42. The quantitative estimate of drug-likeness (QED) is 0.561. The lowest BCUT2D eigenvalue weighted by Gasteiger charge is -1.97. The van der Waals surface area contributed by atoms with Crippen molar-refractivity contribution < 1.29 is 13.9 Å². The molecule has 0 aliphatic heterocycles. The largest absolute Gasteiger partial charge is 0.462 e. The van der Waals surface area contributed by atoms with Crippen LogP contribution in [0.1, 0.15) is 24.4 Å². The van der Waals surface area contributed by atoms with Crippen molar-refractivity contribution in [1.82, 2.24) is 0 Å². The van der Waals surface area contributed by atoms with Crippen LogP contribution in [0.3, 0.4) is 0 Å². The molecule has 0 bridgehead atoms. The first kappa shape index (κ1) is 10.0. The predicted molar refractivity (Wildman–Crippen MR) is 56.2 cm³/mol. The summed E-state index contributed by atoms with van der Waals surface area (Å²) in [6, 6.07) is 3.68. The molecule has 0 amide bonds. The summed E-state index contributed by atoms with van der Waals surface area (Å²) in [5, 5.41) is 0. The van der Waals surface area contributed by atoms with E-state index in [4.69, 9.17) is 9.15 Å². The van der Waals surface area contributed by atoms with Crippen LogP contribution in [-0.2, 0) is 9.53 Å². The Morgan fingerprint density at radius 2 is 2.40 bits per heavy atom. The van der Waals surface area contributed by atoms with Crippen LogP contribution in [0.4, 0.5) is 0 Å². The van der Waals surface area contributed by atoms with Gasteiger partial charge in [-0.15, -0.1) is 0 Å². The van der Waals surface area contributed by atoms with Crippen LogP contribution in [-0.4, -0.2) is 12.6 Å². The van der Waals surface area contributed by atoms with Crippen molar-refractivity contribution >= 4 is 12.0 Å². The molecule has 1 aromatic rings. The highest BCUT2D eigenvalue weighted by Crippen LogP contribution is 2.28. The predicted octanol–water partition coefficient (Wildman–Crippen LogP) is 2.55. The molecule has 1 heterocycles. The second-order valence-electron chi connectivity index (χ2n) is 3.86. The van der Waals surface area contributed by atoms with Gasteiger partial charge in [-0.1, -0.05) is 0 Å². The summed E-state index contributed by atoms with van der Waals surface area (Å²) in [7, 11) is 0. The topological polar surface area (TPSA) is 39.4 Å². The number of furan rings is 1. The van der Waals surface area contributed by atoms with E-state index in [1.54, 1.807) is 6.08 Å². The van der Waals surface area contributed by atoms with E-state index >= 15 is 0 Å². The number of carbonyl (C=O) groups excluding carboxylic acids is 1. The number of carbonyl (C=O) groups is 1. The van der Waals surface area contributed by atoms with Crippen molar-refractivity contribution in [2.24, 2.45) is 5.92 Å². The zero-order chi connectivity index (χ0) is 10.7. The van der Waals surface area contributed by atoms with Gasteiger partial charge in [0.1, 0.15) is 11.5 Å². The molecule has 0 saturated heterocycles. The van der Waals surface area contributed by atoms with Gasteiger partial charge in [0.2, 0.25) is 0 Å². The van der Waals surface area contributed by atoms with Crippen molar-refractivity contribution in [2.45, 2.75) is 19.8 Å². The van der Waals surface area contributed by atoms with E-state index in [0.29, 0.717) is 18.3 Å². The van der Waals surface area contributed by atoms with Gasteiger partial charge in [0.25, 0.3) is 0 Å². The van der Waals surface area contributed by atoms with Crippen molar-refractivity contribution in [3.05, 3.63) is 29.7 Å². The second kappa shape index (κ2) is 4.34. The van der Waals surface area contributed by atoms with Crippen LogP contribution < -0.4 is 0 Å². The highest BCUT2D eigenvalue weighted by atomic mass is 16.5. The SMILES string of the molecule is Cc1ccc(C=CC(=O)OCC2CC2)o1. The fourth-order valence-corrected chi connectivity index (χ4v) is 1.23. The van der Waals surface area contributed by atoms with E-state index in [1.807, 2.05) is 19.1 Å². The van der Waals surface area contributed by atoms with Crippen molar-refractivity contribution in [1.29, 1.82) is 0 Å². The molecular weight excluding hydrogens is 192 g/mol. The van der Waals surface area contributed by atoms with Crippen molar-refractivity contribution in [3.63, 3.8) is 0 Å². The number of rotatable bonds is 4. The van der Waals surface area contributed by atoms with Gasteiger partial charge in [0, 0.05) is 6.08 Å². The Labute approximate surface area is 88.7 Å². The van der Waals surface area contributed by atoms with E-state index in [1.165, 1.54) is 18.9 Å². The summed E-state index contributed by atoms with van der Waals surface area (Å²) in [5.74, 6) is 1.82. The van der Waals surface area contributed by atoms with Gasteiger partial charge in [0.05, 0.1) is 6.61 Å². The molecule has 0 aromatic carbocycles. The van der Waals surface area contributed by atoms with Crippen LogP contribution >= 0.6 is 0 Å². The van der Waals surface area contributed by atoms with Gasteiger partial charge in [-0.25, -0.2) is 4.79 Å². The molecule has 1 saturated carbocycles. The van der Waals surface area contributed by atoms with Gasteiger partial charge in [-0.05, 0) is 43.9 Å². The number of esters is 1. The Morgan fingerprint density at radius 1 is 1.60 bits per heavy atom. The molecule has 80 valence electrons. The lowest BCUT2D eigenvalue weighted by Crippen LogP contribution is -2.03. The third kappa shape index (κ3) is 3.27. The third-order valence-corrected chi connectivity index (χ3v) is 2.30. The summed E-state index contributed by atoms with van der Waals surface area (Å²) < 4.78 is 10.3. The monoisotopic (exact) mass is 206 g/mol. The molecule has 3 nitrogen and oxygen atoms in total. The minimum absolute atomic E-state index is 0.295. The Bertz CT molecular complexity index is 372. The van der Waals surface area contributed by atoms with Gasteiger partial charge in [-0.3, -0.25) is 0 Å². The fourth-order valence-electron chi connectivity index (χ4n) is 1.23. The number of hydrogen-bond donors (Lipinski definition) is 0. The first-order valence-corrected chi connectivity index (χ1v) is 5.15. The molecule has 1 fully saturated rings. The van der Waals surface area contributed by atoms with Crippen LogP contribution in [0, 0.1) is 12.8 Å². The maximum absolute atomic E-state index is 11.2. The highest BCUT2D eigenvalue weighted by molar-refractivity contribution is 5.86. The zero-order valence-corrected chi connectivity index (χ0v) is 8.73. The Kier molecular flexibility index (Phi) is 2.90. The fraction of sp³-hybridized carbons (Fsp3) is 0.417. The van der Waals surface area contributed by atoms with Crippen LogP contribution in [0.2, 0.25) is 0 Å². The molecule has 2 rings (SSSR count). The molecule has 3 heteroatoms. The Balaban J connectivity index is 1.79. The third-order valence-electron chi connectivity index (χ3n) is 2.30. The minimum Gasteiger partial charge on any atom is -0.462 e. The lowest BCUT2D eigenvalue weighted by atomic mass is 10.4. The van der Waals surface area contributed by atoms with E-state index in [0.717, 1.165) is 5.76 Å². The number of ether oxygens (including phenoxy) is 1. The maximum atomic E-state index is 11.2. The minimum atomic E-state index is -0.295. The van der Waals surface area contributed by atoms with Crippen molar-refractivity contribution in [2.75, 3.05) is 6.61 Å². The summed E-state index contributed by atoms with van der Waals surface area (Å²) >= 11 is 0. The molecule has 1 aromatic heterocycles. The van der Waals surface area contributed by atoms with E-state index < -0.39 is 0 Å². The average Bonchev–Trinajstić information content (AvgIpc) is 2.95. The summed E-state index contributed by atoms with van der Waals surface area (Å²) in [4.78, 5) is 11.2. The normalized spacial score (nSPS) is 15.8. The van der Waals surface area contributed by atoms with Gasteiger partial charge in [0.15, 0.2) is 0 Å². The molecule has 0 unspecified atom stereocenters. The van der Waals surface area contributed by atoms with Gasteiger partial charge < -0.3 is 9.15 Å². The smallest absolute Gasteiger partial charge is 0.330 e. The molecule has 0 radical (unpaired) electrons. The van der Waals surface area contributed by atoms with Gasteiger partial charge >= 0.3 is 5.97 Å². The van der Waals surface area contributed by atoms with Crippen LogP contribution in [0.15, 0.2) is 22.6 Å². The molecule has 15 heavy (non-hydrogen) atoms. The maximum Gasteiger partial charge on any atom is 0.330 e. The lowest BCUT2D eigenvalue weighted by molar-refractivity contribution is -0.138. The molecule has 0 atom stereocenters. The zero-order valence-electron chi connectivity index (χ0n) is 8.73. The highest BCUT2D eigenvalue weighted by Gasteiger charge is 2.22. The Hall–Kier alpha value is -1.51. The molecule has 0 spiro atoms. The van der Waals surface area contributed by atoms with Crippen LogP contribution in [0.5, 0.6) is 0 Å². The first-order valence-electron chi connectivity index (χ1n) is 5.15. The van der Waals surface area contributed by atoms with Crippen molar-refractivity contribution in [3.8, 4) is 0 Å². The molecular formula is C12H14O3. The average molecular weight is 206 g/mol. The summed E-state index contributed by atoms with van der Waals surface area (Å²) in [6.07, 6.45) is 5.41. The second-order valence-corrected chi connectivity index (χ2v) is 3.86. The van der Waals surface area contributed by atoms with E-state index in [2.05, 4.69) is 0 Å². The number of aryl methyl sites for hydroxylation is 1. The summed E-state index contributed by atoms with van der Waals surface area (Å²) in [5.41, 5.74) is 0. The first-order chi connectivity index (χ1) is 7.24. The van der Waals surface area contributed by atoms with E-state index in [9.17, 15) is 4.79 Å². The standard InChI is InChI=1S/C12H14O3/c1-9-2-5-11(15-9)6-7-12(13)14-8-10-3-4-10/h2,5-7,10H,3-4,8H2,1H3. The van der Waals surface area contributed by atoms with Gasteiger partial charge in [-0.2, -0.15) is 0 Å². The van der Waals surface area contributed by atoms with E-state index in [-0.39, 0.29) is 5.97 Å². The number of hydrogen-bond acceptors (Lipinski definition) is 3. The van der Waals surface area contributed by atoms with Crippen LogP contribution in [0.25, 0.3) is 6.08 Å².